The summed E-state index contributed by atoms with van der Waals surface area (Å²) in [7, 11) is 2.09. The molecule has 1 fully saturated rings. The topological polar surface area (TPSA) is 44.4 Å². The Hall–Kier alpha value is -1.10. The summed E-state index contributed by atoms with van der Waals surface area (Å²) in [6.45, 7) is 4.10. The normalized spacial score (nSPS) is 16.1. The van der Waals surface area contributed by atoms with Crippen LogP contribution in [0.2, 0.25) is 5.02 Å². The van der Waals surface area contributed by atoms with Crippen molar-refractivity contribution in [2.75, 3.05) is 38.5 Å². The molecule has 0 radical (unpaired) electrons. The minimum atomic E-state index is 0.0365. The first kappa shape index (κ1) is 16.3. The van der Waals surface area contributed by atoms with E-state index in [1.807, 2.05) is 12.1 Å². The van der Waals surface area contributed by atoms with Gasteiger partial charge in [0, 0.05) is 30.2 Å². The molecule has 2 rings (SSSR count). The molecule has 116 valence electrons. The summed E-state index contributed by atoms with van der Waals surface area (Å²) in [6, 6.07) is 7.24. The molecule has 0 atom stereocenters. The number of amides is 1. The van der Waals surface area contributed by atoms with E-state index in [4.69, 9.17) is 11.6 Å². The van der Waals surface area contributed by atoms with Crippen molar-refractivity contribution >= 4 is 23.2 Å². The summed E-state index contributed by atoms with van der Waals surface area (Å²) in [4.78, 5) is 14.2. The Morgan fingerprint density at radius 3 is 2.90 bits per heavy atom. The van der Waals surface area contributed by atoms with E-state index in [0.29, 0.717) is 11.4 Å². The van der Waals surface area contributed by atoms with Gasteiger partial charge in [-0.15, -0.1) is 0 Å². The highest BCUT2D eigenvalue weighted by molar-refractivity contribution is 6.30. The van der Waals surface area contributed by atoms with Crippen LogP contribution in [0, 0.1) is 5.92 Å². The van der Waals surface area contributed by atoms with E-state index in [1.54, 1.807) is 12.1 Å². The molecule has 1 aliphatic rings. The molecule has 1 aromatic carbocycles. The number of carbonyl (C=O) groups is 1. The van der Waals surface area contributed by atoms with Crippen LogP contribution in [0.4, 0.5) is 5.69 Å². The van der Waals surface area contributed by atoms with Crippen molar-refractivity contribution in [2.45, 2.75) is 19.3 Å². The summed E-state index contributed by atoms with van der Waals surface area (Å²) >= 11 is 5.90. The Morgan fingerprint density at radius 1 is 1.43 bits per heavy atom. The fourth-order valence-electron chi connectivity index (χ4n) is 2.68. The maximum absolute atomic E-state index is 11.9. The molecule has 0 unspecified atom stereocenters. The van der Waals surface area contributed by atoms with Crippen LogP contribution in [0.1, 0.15) is 19.3 Å². The molecule has 1 aliphatic heterocycles. The number of carbonyl (C=O) groups excluding carboxylic acids is 1. The van der Waals surface area contributed by atoms with Crippen molar-refractivity contribution < 1.29 is 4.79 Å². The molecule has 2 N–H and O–H groups in total. The van der Waals surface area contributed by atoms with Crippen LogP contribution in [0.5, 0.6) is 0 Å². The highest BCUT2D eigenvalue weighted by atomic mass is 35.5. The van der Waals surface area contributed by atoms with Crippen LogP contribution in [-0.2, 0) is 4.79 Å². The van der Waals surface area contributed by atoms with E-state index >= 15 is 0 Å². The van der Waals surface area contributed by atoms with Gasteiger partial charge in [0.05, 0.1) is 0 Å². The SMILES string of the molecule is CN(CCC(=O)Nc1cccc(Cl)c1)CC1CCNCC1. The first-order chi connectivity index (χ1) is 10.1. The summed E-state index contributed by atoms with van der Waals surface area (Å²) < 4.78 is 0. The second kappa shape index (κ2) is 8.37. The second-order valence-corrected chi connectivity index (χ2v) is 6.20. The van der Waals surface area contributed by atoms with Crippen molar-refractivity contribution in [3.8, 4) is 0 Å². The quantitative estimate of drug-likeness (QED) is 0.849. The van der Waals surface area contributed by atoms with Gasteiger partial charge in [-0.1, -0.05) is 17.7 Å². The minimum Gasteiger partial charge on any atom is -0.326 e. The van der Waals surface area contributed by atoms with E-state index < -0.39 is 0 Å². The average Bonchev–Trinajstić information content (AvgIpc) is 2.46. The van der Waals surface area contributed by atoms with Gasteiger partial charge in [-0.05, 0) is 57.1 Å². The predicted molar refractivity (Wildman–Crippen MR) is 87.8 cm³/mol. The van der Waals surface area contributed by atoms with Crippen molar-refractivity contribution in [3.05, 3.63) is 29.3 Å². The molecule has 0 aromatic heterocycles. The Bertz CT molecular complexity index is 461. The van der Waals surface area contributed by atoms with Crippen LogP contribution in [0.15, 0.2) is 24.3 Å². The molecular formula is C16H24ClN3O. The van der Waals surface area contributed by atoms with Gasteiger partial charge in [-0.3, -0.25) is 4.79 Å². The molecule has 0 aliphatic carbocycles. The van der Waals surface area contributed by atoms with E-state index in [9.17, 15) is 4.79 Å². The van der Waals surface area contributed by atoms with Crippen molar-refractivity contribution in [1.82, 2.24) is 10.2 Å². The average molecular weight is 310 g/mol. The number of nitrogens with one attached hydrogen (secondary N) is 2. The van der Waals surface area contributed by atoms with Gasteiger partial charge in [-0.2, -0.15) is 0 Å². The van der Waals surface area contributed by atoms with Crippen LogP contribution in [0.3, 0.4) is 0 Å². The van der Waals surface area contributed by atoms with Gasteiger partial charge < -0.3 is 15.5 Å². The van der Waals surface area contributed by atoms with E-state index in [1.165, 1.54) is 12.8 Å². The van der Waals surface area contributed by atoms with Crippen molar-refractivity contribution in [1.29, 1.82) is 0 Å². The summed E-state index contributed by atoms with van der Waals surface area (Å²) in [5, 5.41) is 6.89. The number of benzene rings is 1. The highest BCUT2D eigenvalue weighted by Crippen LogP contribution is 2.15. The van der Waals surface area contributed by atoms with Crippen LogP contribution in [0.25, 0.3) is 0 Å². The lowest BCUT2D eigenvalue weighted by atomic mass is 9.98. The Labute approximate surface area is 131 Å². The lowest BCUT2D eigenvalue weighted by Crippen LogP contribution is -2.35. The first-order valence-corrected chi connectivity index (χ1v) is 7.96. The van der Waals surface area contributed by atoms with Crippen LogP contribution < -0.4 is 10.6 Å². The number of anilines is 1. The van der Waals surface area contributed by atoms with Gasteiger partial charge >= 0.3 is 0 Å². The van der Waals surface area contributed by atoms with Gasteiger partial charge in [0.25, 0.3) is 0 Å². The molecule has 1 saturated heterocycles. The van der Waals surface area contributed by atoms with Gasteiger partial charge in [0.2, 0.25) is 5.91 Å². The molecule has 0 spiro atoms. The predicted octanol–water partition coefficient (Wildman–Crippen LogP) is 2.60. The van der Waals surface area contributed by atoms with Crippen molar-refractivity contribution in [3.63, 3.8) is 0 Å². The number of nitrogens with zero attached hydrogens (tertiary/aromatic N) is 1. The van der Waals surface area contributed by atoms with Crippen molar-refractivity contribution in [2.24, 2.45) is 5.92 Å². The Kier molecular flexibility index (Phi) is 6.49. The molecule has 1 heterocycles. The Balaban J connectivity index is 1.68. The summed E-state index contributed by atoms with van der Waals surface area (Å²) in [6.07, 6.45) is 2.98. The number of hydrogen-bond donors (Lipinski definition) is 2. The standard InChI is InChI=1S/C16H24ClN3O/c1-20(12-13-5-8-18-9-6-13)10-7-16(21)19-15-4-2-3-14(17)11-15/h2-4,11,13,18H,5-10,12H2,1H3,(H,19,21). The number of piperidine rings is 1. The van der Waals surface area contributed by atoms with E-state index in [-0.39, 0.29) is 5.91 Å². The van der Waals surface area contributed by atoms with Gasteiger partial charge in [0.1, 0.15) is 0 Å². The molecule has 1 amide bonds. The molecule has 0 bridgehead atoms. The molecule has 4 nitrogen and oxygen atoms in total. The lowest BCUT2D eigenvalue weighted by molar-refractivity contribution is -0.116. The third-order valence-electron chi connectivity index (χ3n) is 3.86. The molecule has 5 heteroatoms. The summed E-state index contributed by atoms with van der Waals surface area (Å²) in [5.41, 5.74) is 0.758. The van der Waals surface area contributed by atoms with Crippen LogP contribution in [-0.4, -0.2) is 44.0 Å². The largest absolute Gasteiger partial charge is 0.326 e. The van der Waals surface area contributed by atoms with Gasteiger partial charge in [0.15, 0.2) is 0 Å². The monoisotopic (exact) mass is 309 g/mol. The third kappa shape index (κ3) is 6.04. The molecule has 21 heavy (non-hydrogen) atoms. The zero-order chi connectivity index (χ0) is 15.1. The zero-order valence-corrected chi connectivity index (χ0v) is 13.3. The maximum atomic E-state index is 11.9. The van der Waals surface area contributed by atoms with Crippen LogP contribution >= 0.6 is 11.6 Å². The molecule has 0 saturated carbocycles. The second-order valence-electron chi connectivity index (χ2n) is 5.76. The zero-order valence-electron chi connectivity index (χ0n) is 12.6. The highest BCUT2D eigenvalue weighted by Gasteiger charge is 2.15. The maximum Gasteiger partial charge on any atom is 0.225 e. The number of rotatable bonds is 6. The molecule has 1 aromatic rings. The fraction of sp³-hybridized carbons (Fsp3) is 0.562. The summed E-state index contributed by atoms with van der Waals surface area (Å²) in [5.74, 6) is 0.793. The molecular weight excluding hydrogens is 286 g/mol. The fourth-order valence-corrected chi connectivity index (χ4v) is 2.87. The third-order valence-corrected chi connectivity index (χ3v) is 4.09. The number of hydrogen-bond acceptors (Lipinski definition) is 3. The first-order valence-electron chi connectivity index (χ1n) is 7.58. The van der Waals surface area contributed by atoms with Gasteiger partial charge in [-0.25, -0.2) is 0 Å². The van der Waals surface area contributed by atoms with E-state index in [2.05, 4.69) is 22.6 Å². The Morgan fingerprint density at radius 2 is 2.19 bits per heavy atom. The lowest BCUT2D eigenvalue weighted by Gasteiger charge is -2.27. The minimum absolute atomic E-state index is 0.0365. The number of halogens is 1. The van der Waals surface area contributed by atoms with E-state index in [0.717, 1.165) is 37.8 Å². The smallest absolute Gasteiger partial charge is 0.225 e.